The highest BCUT2D eigenvalue weighted by atomic mass is 16.6. The zero-order valence-corrected chi connectivity index (χ0v) is 13.8. The third-order valence-corrected chi connectivity index (χ3v) is 5.07. The van der Waals surface area contributed by atoms with Crippen LogP contribution in [0.4, 0.5) is 11.4 Å². The van der Waals surface area contributed by atoms with Gasteiger partial charge in [0.1, 0.15) is 17.8 Å². The fourth-order valence-corrected chi connectivity index (χ4v) is 3.60. The standard InChI is InChI=1S/C17H21N5O2/c1-12-2-5-15(22(23)24)16(10-12)20-8-6-13(7-9-20)17-19-18-11-21(17)14-3-4-14/h2,5,10-11,13-14H,3-4,6-9H2,1H3. The molecular formula is C17H21N5O2. The van der Waals surface area contributed by atoms with Crippen molar-refractivity contribution in [1.82, 2.24) is 14.8 Å². The number of nitro benzene ring substituents is 1. The molecule has 24 heavy (non-hydrogen) atoms. The van der Waals surface area contributed by atoms with Gasteiger partial charge in [-0.25, -0.2) is 0 Å². The molecule has 1 aliphatic heterocycles. The molecule has 7 nitrogen and oxygen atoms in total. The van der Waals surface area contributed by atoms with Crippen molar-refractivity contribution in [3.05, 3.63) is 46.0 Å². The largest absolute Gasteiger partial charge is 0.366 e. The zero-order valence-electron chi connectivity index (χ0n) is 13.8. The molecule has 1 aliphatic carbocycles. The Kier molecular flexibility index (Phi) is 3.70. The Morgan fingerprint density at radius 2 is 1.96 bits per heavy atom. The number of aromatic nitrogens is 3. The van der Waals surface area contributed by atoms with Crippen molar-refractivity contribution in [2.24, 2.45) is 0 Å². The van der Waals surface area contributed by atoms with Gasteiger partial charge in [0.05, 0.1) is 4.92 Å². The van der Waals surface area contributed by atoms with E-state index in [1.807, 2.05) is 19.3 Å². The highest BCUT2D eigenvalue weighted by Crippen LogP contribution is 2.39. The molecular weight excluding hydrogens is 306 g/mol. The summed E-state index contributed by atoms with van der Waals surface area (Å²) < 4.78 is 2.23. The van der Waals surface area contributed by atoms with Gasteiger partial charge in [-0.15, -0.1) is 10.2 Å². The van der Waals surface area contributed by atoms with Crippen molar-refractivity contribution >= 4 is 11.4 Å². The molecule has 0 N–H and O–H groups in total. The van der Waals surface area contributed by atoms with Gasteiger partial charge in [0.2, 0.25) is 0 Å². The number of piperidine rings is 1. The van der Waals surface area contributed by atoms with Crippen molar-refractivity contribution in [2.75, 3.05) is 18.0 Å². The average Bonchev–Trinajstić information content (AvgIpc) is 3.31. The van der Waals surface area contributed by atoms with Crippen LogP contribution in [-0.2, 0) is 0 Å². The molecule has 2 fully saturated rings. The summed E-state index contributed by atoms with van der Waals surface area (Å²) in [6.45, 7) is 3.59. The molecule has 7 heteroatoms. The van der Waals surface area contributed by atoms with E-state index in [1.165, 1.54) is 12.8 Å². The van der Waals surface area contributed by atoms with Crippen LogP contribution in [0.5, 0.6) is 0 Å². The quantitative estimate of drug-likeness (QED) is 0.636. The molecule has 2 aromatic rings. The molecule has 2 heterocycles. The minimum atomic E-state index is -0.287. The molecule has 1 aromatic carbocycles. The number of hydrogen-bond acceptors (Lipinski definition) is 5. The molecule has 1 saturated heterocycles. The molecule has 0 radical (unpaired) electrons. The summed E-state index contributed by atoms with van der Waals surface area (Å²) in [5, 5.41) is 19.8. The van der Waals surface area contributed by atoms with Gasteiger partial charge in [0, 0.05) is 31.1 Å². The first kappa shape index (κ1) is 15.1. The Labute approximate surface area is 140 Å². The number of anilines is 1. The number of aryl methyl sites for hydroxylation is 1. The molecule has 1 saturated carbocycles. The number of nitrogens with zero attached hydrogens (tertiary/aromatic N) is 5. The topological polar surface area (TPSA) is 77.1 Å². The predicted octanol–water partition coefficient (Wildman–Crippen LogP) is 3.21. The SMILES string of the molecule is Cc1ccc([N+](=O)[O-])c(N2CCC(c3nncn3C3CC3)CC2)c1. The summed E-state index contributed by atoms with van der Waals surface area (Å²) in [6.07, 6.45) is 6.20. The van der Waals surface area contributed by atoms with Crippen molar-refractivity contribution < 1.29 is 4.92 Å². The van der Waals surface area contributed by atoms with Crippen molar-refractivity contribution in [2.45, 2.75) is 44.6 Å². The minimum Gasteiger partial charge on any atom is -0.366 e. The summed E-state index contributed by atoms with van der Waals surface area (Å²) in [5.74, 6) is 1.49. The van der Waals surface area contributed by atoms with E-state index in [-0.39, 0.29) is 10.6 Å². The van der Waals surface area contributed by atoms with E-state index in [0.717, 1.165) is 43.0 Å². The normalized spacial score (nSPS) is 18.8. The van der Waals surface area contributed by atoms with Crippen molar-refractivity contribution in [3.8, 4) is 0 Å². The third-order valence-electron chi connectivity index (χ3n) is 5.07. The minimum absolute atomic E-state index is 0.195. The summed E-state index contributed by atoms with van der Waals surface area (Å²) in [5.41, 5.74) is 1.98. The Morgan fingerprint density at radius 3 is 2.62 bits per heavy atom. The maximum atomic E-state index is 11.3. The van der Waals surface area contributed by atoms with Crippen LogP contribution >= 0.6 is 0 Å². The van der Waals surface area contributed by atoms with Gasteiger partial charge in [0.15, 0.2) is 0 Å². The predicted molar refractivity (Wildman–Crippen MR) is 90.3 cm³/mol. The second-order valence-corrected chi connectivity index (χ2v) is 6.84. The molecule has 0 amide bonds. The van der Waals surface area contributed by atoms with Crippen LogP contribution in [0.15, 0.2) is 24.5 Å². The first-order chi connectivity index (χ1) is 11.6. The zero-order chi connectivity index (χ0) is 16.7. The van der Waals surface area contributed by atoms with Crippen LogP contribution in [0.25, 0.3) is 0 Å². The second-order valence-electron chi connectivity index (χ2n) is 6.84. The summed E-state index contributed by atoms with van der Waals surface area (Å²) in [6, 6.07) is 5.92. The van der Waals surface area contributed by atoms with Crippen LogP contribution in [0, 0.1) is 17.0 Å². The maximum Gasteiger partial charge on any atom is 0.292 e. The van der Waals surface area contributed by atoms with Gasteiger partial charge in [0.25, 0.3) is 5.69 Å². The molecule has 4 rings (SSSR count). The Hall–Kier alpha value is -2.44. The van der Waals surface area contributed by atoms with E-state index in [1.54, 1.807) is 12.1 Å². The Bertz CT molecular complexity index is 760. The average molecular weight is 327 g/mol. The van der Waals surface area contributed by atoms with Gasteiger partial charge in [-0.2, -0.15) is 0 Å². The van der Waals surface area contributed by atoms with Gasteiger partial charge < -0.3 is 9.47 Å². The maximum absolute atomic E-state index is 11.3. The van der Waals surface area contributed by atoms with Crippen molar-refractivity contribution in [1.29, 1.82) is 0 Å². The van der Waals surface area contributed by atoms with E-state index in [2.05, 4.69) is 19.7 Å². The third kappa shape index (κ3) is 2.74. The van der Waals surface area contributed by atoms with Crippen LogP contribution in [0.3, 0.4) is 0 Å². The smallest absolute Gasteiger partial charge is 0.292 e. The molecule has 0 spiro atoms. The Morgan fingerprint density at radius 1 is 1.21 bits per heavy atom. The van der Waals surface area contributed by atoms with Gasteiger partial charge in [-0.1, -0.05) is 6.07 Å². The van der Waals surface area contributed by atoms with Gasteiger partial charge >= 0.3 is 0 Å². The van der Waals surface area contributed by atoms with E-state index < -0.39 is 0 Å². The monoisotopic (exact) mass is 327 g/mol. The number of nitro groups is 1. The van der Waals surface area contributed by atoms with Crippen molar-refractivity contribution in [3.63, 3.8) is 0 Å². The number of benzene rings is 1. The fraction of sp³-hybridized carbons (Fsp3) is 0.529. The summed E-state index contributed by atoms with van der Waals surface area (Å²) in [7, 11) is 0. The van der Waals surface area contributed by atoms with E-state index in [4.69, 9.17) is 0 Å². The van der Waals surface area contributed by atoms with Crippen LogP contribution in [-0.4, -0.2) is 32.8 Å². The van der Waals surface area contributed by atoms with Crippen LogP contribution in [0.1, 0.15) is 49.0 Å². The lowest BCUT2D eigenvalue weighted by Gasteiger charge is -2.33. The number of rotatable bonds is 4. The highest BCUT2D eigenvalue weighted by molar-refractivity contribution is 5.64. The lowest BCUT2D eigenvalue weighted by molar-refractivity contribution is -0.384. The number of hydrogen-bond donors (Lipinski definition) is 0. The molecule has 1 aromatic heterocycles. The molecule has 0 bridgehead atoms. The lowest BCUT2D eigenvalue weighted by atomic mass is 9.95. The molecule has 0 unspecified atom stereocenters. The molecule has 0 atom stereocenters. The molecule has 126 valence electrons. The second kappa shape index (κ2) is 5.89. The van der Waals surface area contributed by atoms with Gasteiger partial charge in [-0.05, 0) is 44.2 Å². The van der Waals surface area contributed by atoms with E-state index in [0.29, 0.717) is 12.0 Å². The van der Waals surface area contributed by atoms with Crippen LogP contribution < -0.4 is 4.90 Å². The highest BCUT2D eigenvalue weighted by Gasteiger charge is 2.32. The van der Waals surface area contributed by atoms with Crippen LogP contribution in [0.2, 0.25) is 0 Å². The van der Waals surface area contributed by atoms with Gasteiger partial charge in [-0.3, -0.25) is 10.1 Å². The first-order valence-corrected chi connectivity index (χ1v) is 8.53. The molecule has 2 aliphatic rings. The lowest BCUT2D eigenvalue weighted by Crippen LogP contribution is -2.34. The summed E-state index contributed by atoms with van der Waals surface area (Å²) in [4.78, 5) is 13.2. The first-order valence-electron chi connectivity index (χ1n) is 8.53. The Balaban J connectivity index is 1.51. The van der Waals surface area contributed by atoms with E-state index >= 15 is 0 Å². The summed E-state index contributed by atoms with van der Waals surface area (Å²) >= 11 is 0. The fourth-order valence-electron chi connectivity index (χ4n) is 3.60. The van der Waals surface area contributed by atoms with E-state index in [9.17, 15) is 10.1 Å².